The molecule has 0 atom stereocenters. The molecule has 4 heteroatoms. The van der Waals surface area contributed by atoms with Crippen molar-refractivity contribution in [3.05, 3.63) is 70.3 Å². The highest BCUT2D eigenvalue weighted by molar-refractivity contribution is 5.80. The van der Waals surface area contributed by atoms with E-state index in [9.17, 15) is 4.79 Å². The summed E-state index contributed by atoms with van der Waals surface area (Å²) in [5.74, 6) is 0.516. The van der Waals surface area contributed by atoms with Crippen LogP contribution in [0.3, 0.4) is 0 Å². The van der Waals surface area contributed by atoms with Crippen LogP contribution in [0, 0.1) is 0 Å². The van der Waals surface area contributed by atoms with Crippen LogP contribution in [-0.2, 0) is 20.6 Å². The second-order valence-corrected chi connectivity index (χ2v) is 7.28. The Morgan fingerprint density at radius 2 is 1.72 bits per heavy atom. The second kappa shape index (κ2) is 6.52. The van der Waals surface area contributed by atoms with Gasteiger partial charge in [0.2, 0.25) is 0 Å². The predicted octanol–water partition coefficient (Wildman–Crippen LogP) is 3.26. The van der Waals surface area contributed by atoms with E-state index in [-0.39, 0.29) is 5.56 Å². The maximum absolute atomic E-state index is 11.8. The fourth-order valence-corrected chi connectivity index (χ4v) is 3.93. The molecule has 1 fully saturated rings. The fraction of sp³-hybridized carbons (Fsp3) is 0.381. The molecule has 130 valence electrons. The van der Waals surface area contributed by atoms with Crippen LogP contribution in [0.4, 0.5) is 0 Å². The number of aryl methyl sites for hydroxylation is 2. The molecule has 4 nitrogen and oxygen atoms in total. The highest BCUT2D eigenvalue weighted by atomic mass is 16.1. The Kier molecular flexibility index (Phi) is 4.22. The predicted molar refractivity (Wildman–Crippen MR) is 102 cm³/mol. The lowest BCUT2D eigenvalue weighted by Crippen LogP contribution is -2.32. The van der Waals surface area contributed by atoms with Crippen molar-refractivity contribution in [2.75, 3.05) is 13.1 Å². The third kappa shape index (κ3) is 3.27. The van der Waals surface area contributed by atoms with Gasteiger partial charge in [-0.3, -0.25) is 9.69 Å². The number of fused-ring (bicyclic) bond motifs is 1. The van der Waals surface area contributed by atoms with Gasteiger partial charge in [0.25, 0.3) is 5.56 Å². The number of hydrogen-bond donors (Lipinski definition) is 0. The van der Waals surface area contributed by atoms with Gasteiger partial charge in [0, 0.05) is 44.6 Å². The van der Waals surface area contributed by atoms with Gasteiger partial charge in [0.05, 0.1) is 0 Å². The van der Waals surface area contributed by atoms with Crippen LogP contribution in [0.15, 0.2) is 53.6 Å². The number of pyridine rings is 1. The molecule has 25 heavy (non-hydrogen) atoms. The van der Waals surface area contributed by atoms with Crippen molar-refractivity contribution < 1.29 is 0 Å². The number of benzene rings is 1. The minimum atomic E-state index is 0.0936. The van der Waals surface area contributed by atoms with Crippen LogP contribution < -0.4 is 5.56 Å². The molecule has 3 aromatic rings. The van der Waals surface area contributed by atoms with Gasteiger partial charge in [-0.05, 0) is 72.6 Å². The number of piperidine rings is 1. The van der Waals surface area contributed by atoms with Crippen molar-refractivity contribution in [1.29, 1.82) is 0 Å². The average molecular weight is 335 g/mol. The van der Waals surface area contributed by atoms with Gasteiger partial charge in [-0.25, -0.2) is 0 Å². The topological polar surface area (TPSA) is 30.2 Å². The fourth-order valence-electron chi connectivity index (χ4n) is 3.93. The monoisotopic (exact) mass is 335 g/mol. The van der Waals surface area contributed by atoms with E-state index in [1.807, 2.05) is 12.3 Å². The quantitative estimate of drug-likeness (QED) is 0.735. The second-order valence-electron chi connectivity index (χ2n) is 7.28. The van der Waals surface area contributed by atoms with Crippen molar-refractivity contribution in [1.82, 2.24) is 14.0 Å². The van der Waals surface area contributed by atoms with Crippen LogP contribution in [-0.4, -0.2) is 27.1 Å². The van der Waals surface area contributed by atoms with Crippen LogP contribution in [0.2, 0.25) is 0 Å². The van der Waals surface area contributed by atoms with Crippen LogP contribution in [0.5, 0.6) is 0 Å². The van der Waals surface area contributed by atoms with E-state index in [0.717, 1.165) is 32.5 Å². The Morgan fingerprint density at radius 3 is 2.48 bits per heavy atom. The molecular weight excluding hydrogens is 310 g/mol. The molecule has 3 heterocycles. The largest absolute Gasteiger partial charge is 0.351 e. The summed E-state index contributed by atoms with van der Waals surface area (Å²) in [6.45, 7) is 3.19. The van der Waals surface area contributed by atoms with Crippen molar-refractivity contribution in [2.45, 2.75) is 25.3 Å². The summed E-state index contributed by atoms with van der Waals surface area (Å²) in [6, 6.07) is 12.9. The zero-order valence-corrected chi connectivity index (χ0v) is 15.0. The van der Waals surface area contributed by atoms with Crippen molar-refractivity contribution in [3.63, 3.8) is 0 Å². The lowest BCUT2D eigenvalue weighted by atomic mass is 9.90. The van der Waals surface area contributed by atoms with Gasteiger partial charge in [-0.15, -0.1) is 0 Å². The van der Waals surface area contributed by atoms with Gasteiger partial charge < -0.3 is 9.13 Å². The smallest absolute Gasteiger partial charge is 0.250 e. The van der Waals surface area contributed by atoms with Gasteiger partial charge >= 0.3 is 0 Å². The Morgan fingerprint density at radius 1 is 0.960 bits per heavy atom. The van der Waals surface area contributed by atoms with Gasteiger partial charge in [0.1, 0.15) is 0 Å². The van der Waals surface area contributed by atoms with E-state index in [2.05, 4.69) is 53.0 Å². The first-order valence-electron chi connectivity index (χ1n) is 9.03. The highest BCUT2D eigenvalue weighted by Crippen LogP contribution is 2.28. The first-order chi connectivity index (χ1) is 12.1. The molecule has 0 N–H and O–H groups in total. The Bertz CT molecular complexity index is 945. The van der Waals surface area contributed by atoms with Crippen LogP contribution >= 0.6 is 0 Å². The molecule has 0 amide bonds. The summed E-state index contributed by atoms with van der Waals surface area (Å²) in [5.41, 5.74) is 3.96. The Balaban J connectivity index is 1.41. The summed E-state index contributed by atoms with van der Waals surface area (Å²) in [4.78, 5) is 14.4. The third-order valence-electron chi connectivity index (χ3n) is 5.54. The first kappa shape index (κ1) is 16.2. The standard InChI is InChI=1S/C21H25N3O/c1-22-9-6-19-13-16(3-4-20(19)22)15-24-11-7-17(8-12-24)18-5-10-23(2)21(25)14-18/h3-6,9-10,13-14,17H,7-8,11-12,15H2,1-2H3. The molecule has 1 aliphatic heterocycles. The summed E-state index contributed by atoms with van der Waals surface area (Å²) in [6.07, 6.45) is 6.25. The maximum Gasteiger partial charge on any atom is 0.250 e. The van der Waals surface area contributed by atoms with Crippen molar-refractivity contribution in [3.8, 4) is 0 Å². The third-order valence-corrected chi connectivity index (χ3v) is 5.54. The minimum Gasteiger partial charge on any atom is -0.351 e. The molecule has 1 aromatic carbocycles. The normalized spacial score (nSPS) is 16.6. The first-order valence-corrected chi connectivity index (χ1v) is 9.03. The SMILES string of the molecule is Cn1ccc(C2CCN(Cc3ccc4c(ccn4C)c3)CC2)cc1=O. The molecule has 0 radical (unpaired) electrons. The lowest BCUT2D eigenvalue weighted by molar-refractivity contribution is 0.204. The minimum absolute atomic E-state index is 0.0936. The summed E-state index contributed by atoms with van der Waals surface area (Å²) >= 11 is 0. The molecule has 0 spiro atoms. The molecule has 1 aliphatic rings. The highest BCUT2D eigenvalue weighted by Gasteiger charge is 2.21. The number of likely N-dealkylation sites (tertiary alicyclic amines) is 1. The number of aromatic nitrogens is 2. The van der Waals surface area contributed by atoms with E-state index in [4.69, 9.17) is 0 Å². The van der Waals surface area contributed by atoms with E-state index in [1.165, 1.54) is 22.0 Å². The molecule has 0 aliphatic carbocycles. The molecule has 0 saturated carbocycles. The lowest BCUT2D eigenvalue weighted by Gasteiger charge is -2.32. The number of hydrogen-bond acceptors (Lipinski definition) is 2. The van der Waals surface area contributed by atoms with Crippen LogP contribution in [0.1, 0.15) is 29.9 Å². The molecular formula is C21H25N3O. The van der Waals surface area contributed by atoms with E-state index < -0.39 is 0 Å². The maximum atomic E-state index is 11.8. The zero-order valence-electron chi connectivity index (χ0n) is 15.0. The molecule has 2 aromatic heterocycles. The number of nitrogens with zero attached hydrogens (tertiary/aromatic N) is 3. The van der Waals surface area contributed by atoms with Crippen molar-refractivity contribution in [2.24, 2.45) is 14.1 Å². The number of rotatable bonds is 3. The molecule has 0 unspecified atom stereocenters. The van der Waals surface area contributed by atoms with Gasteiger partial charge in [0.15, 0.2) is 0 Å². The summed E-state index contributed by atoms with van der Waals surface area (Å²) < 4.78 is 3.80. The molecule has 1 saturated heterocycles. The van der Waals surface area contributed by atoms with E-state index in [0.29, 0.717) is 5.92 Å². The summed E-state index contributed by atoms with van der Waals surface area (Å²) in [7, 11) is 3.89. The van der Waals surface area contributed by atoms with E-state index >= 15 is 0 Å². The van der Waals surface area contributed by atoms with E-state index in [1.54, 1.807) is 11.6 Å². The van der Waals surface area contributed by atoms with Gasteiger partial charge in [-0.2, -0.15) is 0 Å². The summed E-state index contributed by atoms with van der Waals surface area (Å²) in [5, 5.41) is 1.31. The molecule has 4 rings (SSSR count). The Labute approximate surface area is 148 Å². The Hall–Kier alpha value is -2.33. The zero-order chi connectivity index (χ0) is 17.4. The van der Waals surface area contributed by atoms with Crippen molar-refractivity contribution >= 4 is 10.9 Å². The molecule has 0 bridgehead atoms. The van der Waals surface area contributed by atoms with Gasteiger partial charge in [-0.1, -0.05) is 6.07 Å². The van der Waals surface area contributed by atoms with Crippen LogP contribution in [0.25, 0.3) is 10.9 Å². The average Bonchev–Trinajstić information content (AvgIpc) is 2.99.